The summed E-state index contributed by atoms with van der Waals surface area (Å²) in [5.41, 5.74) is 3.34. The normalized spacial score (nSPS) is 16.4. The van der Waals surface area contributed by atoms with E-state index in [1.165, 1.54) is 9.87 Å². The van der Waals surface area contributed by atoms with Crippen LogP contribution in [0.15, 0.2) is 77.7 Å². The van der Waals surface area contributed by atoms with Crippen LogP contribution in [0.4, 0.5) is 26.3 Å². The Balaban J connectivity index is 0.000000606. The highest BCUT2D eigenvalue weighted by Crippen LogP contribution is 2.33. The monoisotopic (exact) mass is 710 g/mol. The quantitative estimate of drug-likeness (QED) is 0.212. The Kier molecular flexibility index (Phi) is 10.4. The van der Waals surface area contributed by atoms with Gasteiger partial charge >= 0.3 is 18.3 Å². The lowest BCUT2D eigenvalue weighted by Crippen LogP contribution is -2.44. The van der Waals surface area contributed by atoms with E-state index in [2.05, 4.69) is 27.3 Å². The molecular formula is C33H32F6N4O5S. The number of H-pyrrole nitrogens is 1. The van der Waals surface area contributed by atoms with Crippen LogP contribution in [0.25, 0.3) is 10.9 Å². The molecule has 4 aromatic rings. The molecule has 0 atom stereocenters. The minimum Gasteiger partial charge on any atom is -0.475 e. The van der Waals surface area contributed by atoms with Gasteiger partial charge < -0.3 is 15.4 Å². The summed E-state index contributed by atoms with van der Waals surface area (Å²) < 4.78 is 98.5. The second-order valence-electron chi connectivity index (χ2n) is 11.8. The number of likely N-dealkylation sites (tertiary alicyclic amines) is 1. The van der Waals surface area contributed by atoms with Crippen molar-refractivity contribution in [1.29, 1.82) is 0 Å². The van der Waals surface area contributed by atoms with E-state index in [9.17, 15) is 39.6 Å². The number of carboxylic acid groups (broad SMARTS) is 1. The summed E-state index contributed by atoms with van der Waals surface area (Å²) in [4.78, 5) is 27.6. The zero-order valence-electron chi connectivity index (χ0n) is 25.8. The minimum atomic E-state index is -5.08. The van der Waals surface area contributed by atoms with Gasteiger partial charge in [0.2, 0.25) is 10.0 Å². The molecule has 16 heteroatoms. The summed E-state index contributed by atoms with van der Waals surface area (Å²) in [6.45, 7) is 2.94. The van der Waals surface area contributed by atoms with Crippen molar-refractivity contribution in [3.63, 3.8) is 0 Å². The fraction of sp³-hybridized carbons (Fsp3) is 0.333. The Morgan fingerprint density at radius 1 is 0.898 bits per heavy atom. The van der Waals surface area contributed by atoms with Gasteiger partial charge in [0, 0.05) is 67.3 Å². The van der Waals surface area contributed by atoms with Crippen molar-refractivity contribution in [2.75, 3.05) is 19.6 Å². The Morgan fingerprint density at radius 2 is 1.53 bits per heavy atom. The third-order valence-corrected chi connectivity index (χ3v) is 10.3. The molecule has 1 fully saturated rings. The summed E-state index contributed by atoms with van der Waals surface area (Å²) in [6.07, 6.45) is -7.49. The molecule has 6 rings (SSSR count). The maximum atomic E-state index is 13.3. The standard InChI is InChI=1S/C31H31F3N4O3S.C2HF3O2/c32-31(33,34)23-7-9-25(10-8-23)42(40,41)38-17-14-29-27(20-38)26-18-22(6-11-28(26)36-29)30(39)35-24-12-15-37(16-13-24)19-21-4-2-1-3-5-21;3-2(4,5)1(6)7/h1-11,18,24,36H,12-17,19-20H2,(H,35,39);(H,6,7). The number of aliphatic carboxylic acids is 1. The largest absolute Gasteiger partial charge is 0.490 e. The van der Waals surface area contributed by atoms with Gasteiger partial charge in [-0.15, -0.1) is 0 Å². The second-order valence-corrected chi connectivity index (χ2v) is 13.7. The number of fused-ring (bicyclic) bond motifs is 3. The van der Waals surface area contributed by atoms with Crippen molar-refractivity contribution in [1.82, 2.24) is 19.5 Å². The van der Waals surface area contributed by atoms with Crippen molar-refractivity contribution in [2.24, 2.45) is 0 Å². The van der Waals surface area contributed by atoms with E-state index in [1.54, 1.807) is 12.1 Å². The average molecular weight is 711 g/mol. The average Bonchev–Trinajstić information content (AvgIpc) is 3.43. The van der Waals surface area contributed by atoms with Gasteiger partial charge in [0.05, 0.1) is 10.5 Å². The number of nitrogens with one attached hydrogen (secondary N) is 2. The van der Waals surface area contributed by atoms with Gasteiger partial charge in [-0.2, -0.15) is 30.6 Å². The van der Waals surface area contributed by atoms with Crippen LogP contribution < -0.4 is 5.32 Å². The molecule has 3 aromatic carbocycles. The Labute approximate surface area is 277 Å². The number of aromatic amines is 1. The number of hydrogen-bond acceptors (Lipinski definition) is 5. The highest BCUT2D eigenvalue weighted by atomic mass is 32.2. The highest BCUT2D eigenvalue weighted by molar-refractivity contribution is 7.89. The number of alkyl halides is 6. The Bertz CT molecular complexity index is 1900. The number of hydrogen-bond donors (Lipinski definition) is 3. The molecule has 0 saturated carbocycles. The smallest absolute Gasteiger partial charge is 0.475 e. The fourth-order valence-corrected chi connectivity index (χ4v) is 7.26. The topological polar surface area (TPSA) is 123 Å². The van der Waals surface area contributed by atoms with Crippen LogP contribution in [-0.4, -0.2) is 71.4 Å². The van der Waals surface area contributed by atoms with Crippen LogP contribution >= 0.6 is 0 Å². The number of piperidine rings is 1. The molecule has 1 saturated heterocycles. The Hall–Kier alpha value is -4.41. The first-order valence-electron chi connectivity index (χ1n) is 15.2. The lowest BCUT2D eigenvalue weighted by molar-refractivity contribution is -0.192. The molecule has 0 unspecified atom stereocenters. The third kappa shape index (κ3) is 8.61. The lowest BCUT2D eigenvalue weighted by atomic mass is 10.0. The maximum absolute atomic E-state index is 13.3. The molecule has 1 aromatic heterocycles. The van der Waals surface area contributed by atoms with Gasteiger partial charge in [0.15, 0.2) is 0 Å². The molecular weight excluding hydrogens is 678 g/mol. The summed E-state index contributed by atoms with van der Waals surface area (Å²) in [6, 6.07) is 19.3. The predicted octanol–water partition coefficient (Wildman–Crippen LogP) is 5.96. The SMILES string of the molecule is O=C(NC1CCN(Cc2ccccc2)CC1)c1ccc2[nH]c3c(c2c1)CN(S(=O)(=O)c1ccc(C(F)(F)F)cc1)CC3.O=C(O)C(F)(F)F. The molecule has 2 aliphatic heterocycles. The zero-order chi connectivity index (χ0) is 35.6. The van der Waals surface area contributed by atoms with Crippen LogP contribution in [0.2, 0.25) is 0 Å². The molecule has 49 heavy (non-hydrogen) atoms. The third-order valence-electron chi connectivity index (χ3n) is 8.44. The maximum Gasteiger partial charge on any atom is 0.490 e. The molecule has 262 valence electrons. The van der Waals surface area contributed by atoms with Crippen LogP contribution in [0.5, 0.6) is 0 Å². The number of nitrogens with zero attached hydrogens (tertiary/aromatic N) is 2. The van der Waals surface area contributed by atoms with Crippen LogP contribution in [-0.2, 0) is 40.5 Å². The fourth-order valence-electron chi connectivity index (χ4n) is 5.85. The number of carbonyl (C=O) groups is 2. The summed E-state index contributed by atoms with van der Waals surface area (Å²) >= 11 is 0. The molecule has 9 nitrogen and oxygen atoms in total. The van der Waals surface area contributed by atoms with Crippen LogP contribution in [0.3, 0.4) is 0 Å². The molecule has 2 aliphatic rings. The van der Waals surface area contributed by atoms with Crippen molar-refractivity contribution >= 4 is 32.8 Å². The number of benzene rings is 3. The van der Waals surface area contributed by atoms with Gasteiger partial charge in [-0.05, 0) is 66.4 Å². The van der Waals surface area contributed by atoms with Crippen LogP contribution in [0, 0.1) is 0 Å². The highest BCUT2D eigenvalue weighted by Gasteiger charge is 2.38. The minimum absolute atomic E-state index is 0.0592. The number of carboxylic acids is 1. The first-order valence-corrected chi connectivity index (χ1v) is 16.6. The molecule has 3 heterocycles. The van der Waals surface area contributed by atoms with Gasteiger partial charge in [-0.3, -0.25) is 9.69 Å². The van der Waals surface area contributed by atoms with E-state index >= 15 is 0 Å². The molecule has 0 aliphatic carbocycles. The summed E-state index contributed by atoms with van der Waals surface area (Å²) in [5, 5.41) is 11.1. The number of carbonyl (C=O) groups excluding carboxylic acids is 1. The van der Waals surface area contributed by atoms with E-state index in [0.29, 0.717) is 12.0 Å². The number of amides is 1. The van der Waals surface area contributed by atoms with Gasteiger partial charge in [0.25, 0.3) is 5.91 Å². The summed E-state index contributed by atoms with van der Waals surface area (Å²) in [5.74, 6) is -2.93. The Morgan fingerprint density at radius 3 is 2.12 bits per heavy atom. The number of sulfonamides is 1. The van der Waals surface area contributed by atoms with Crippen molar-refractivity contribution in [2.45, 2.75) is 55.6 Å². The zero-order valence-corrected chi connectivity index (χ0v) is 26.6. The first-order chi connectivity index (χ1) is 23.0. The molecule has 0 bridgehead atoms. The second kappa shape index (κ2) is 14.2. The van der Waals surface area contributed by atoms with Crippen molar-refractivity contribution < 1.29 is 49.5 Å². The molecule has 3 N–H and O–H groups in total. The van der Waals surface area contributed by atoms with Crippen LogP contribution in [0.1, 0.15) is 45.6 Å². The first kappa shape index (κ1) is 35.9. The van der Waals surface area contributed by atoms with Crippen molar-refractivity contribution in [3.8, 4) is 0 Å². The van der Waals surface area contributed by atoms with E-state index < -0.39 is 33.9 Å². The molecule has 0 spiro atoms. The number of rotatable bonds is 6. The van der Waals surface area contributed by atoms with E-state index in [-0.39, 0.29) is 29.9 Å². The van der Waals surface area contributed by atoms with Gasteiger partial charge in [-0.25, -0.2) is 13.2 Å². The number of aromatic nitrogens is 1. The molecule has 1 amide bonds. The van der Waals surface area contributed by atoms with Gasteiger partial charge in [-0.1, -0.05) is 30.3 Å². The predicted molar refractivity (Wildman–Crippen MR) is 167 cm³/mol. The van der Waals surface area contributed by atoms with E-state index in [0.717, 1.165) is 78.9 Å². The van der Waals surface area contributed by atoms with E-state index in [4.69, 9.17) is 9.90 Å². The molecule has 0 radical (unpaired) electrons. The summed E-state index contributed by atoms with van der Waals surface area (Å²) in [7, 11) is -4.01. The van der Waals surface area contributed by atoms with Crippen molar-refractivity contribution in [3.05, 3.63) is 101 Å². The number of halogens is 6. The van der Waals surface area contributed by atoms with E-state index in [1.807, 2.05) is 24.3 Å². The van der Waals surface area contributed by atoms with Gasteiger partial charge in [0.1, 0.15) is 0 Å². The lowest BCUT2D eigenvalue weighted by Gasteiger charge is -2.32.